The van der Waals surface area contributed by atoms with E-state index in [2.05, 4.69) is 5.32 Å². The van der Waals surface area contributed by atoms with Gasteiger partial charge in [0.25, 0.3) is 0 Å². The fraction of sp³-hybridized carbons (Fsp3) is 0.550. The van der Waals surface area contributed by atoms with Crippen LogP contribution in [0.1, 0.15) is 62.5 Å². The third-order valence-corrected chi connectivity index (χ3v) is 12.4. The molecule has 1 aliphatic heterocycles. The summed E-state index contributed by atoms with van der Waals surface area (Å²) in [5.74, 6) is -4.57. The number of ether oxygens (including phenoxy) is 5. The van der Waals surface area contributed by atoms with Gasteiger partial charge in [0.1, 0.15) is 36.1 Å². The van der Waals surface area contributed by atoms with Crippen molar-refractivity contribution in [3.63, 3.8) is 0 Å². The molecule has 2 aromatic carbocycles. The molecule has 1 saturated heterocycles. The monoisotopic (exact) mass is 1220 g/mol. The molecule has 1 amide bonds. The number of nitrogens with one attached hydrogen (secondary N) is 1. The molecule has 304 valence electrons. The Bertz CT molecular complexity index is 1830. The normalized spacial score (nSPS) is 33.5. The van der Waals surface area contributed by atoms with Gasteiger partial charge in [-0.1, -0.05) is 62.4 Å². The van der Waals surface area contributed by atoms with Gasteiger partial charge in [-0.3, -0.25) is 4.79 Å². The molecule has 1 heterocycles. The van der Waals surface area contributed by atoms with E-state index in [9.17, 15) is 44.7 Å². The van der Waals surface area contributed by atoms with Crippen LogP contribution < -0.4 is 5.32 Å². The summed E-state index contributed by atoms with van der Waals surface area (Å²) in [6, 6.07) is 14.6. The van der Waals surface area contributed by atoms with Gasteiger partial charge in [0.05, 0.1) is 42.4 Å². The van der Waals surface area contributed by atoms with Gasteiger partial charge in [0.2, 0.25) is 0 Å². The zero-order valence-corrected chi connectivity index (χ0v) is 42.0. The summed E-state index contributed by atoms with van der Waals surface area (Å²) in [5.41, 5.74) is -7.25. The van der Waals surface area contributed by atoms with E-state index in [4.69, 9.17) is 23.7 Å². The second kappa shape index (κ2) is 18.7. The number of hydrogen-bond donors (Lipinski definition) is 6. The summed E-state index contributed by atoms with van der Waals surface area (Å²) >= 11 is 0. The number of alkyl carbamates (subject to hydrolysis) is 1. The molecule has 17 heteroatoms. The van der Waals surface area contributed by atoms with E-state index >= 15 is 0 Å². The first-order chi connectivity index (χ1) is 25.9. The van der Waals surface area contributed by atoms with Gasteiger partial charge in [-0.05, 0) is 42.7 Å². The Balaban J connectivity index is 0.00000360. The number of hydrogen-bond acceptors (Lipinski definition) is 14. The molecule has 11 atom stereocenters. The molecule has 2 bridgehead atoms. The number of ketones is 1. The number of methoxy groups -OCH3 is 1. The maximum absolute atomic E-state index is 14.7. The van der Waals surface area contributed by atoms with Gasteiger partial charge >= 0.3 is 18.0 Å². The van der Waals surface area contributed by atoms with E-state index < -0.39 is 101 Å². The number of fused-ring (bicyclic) bond motifs is 5. The van der Waals surface area contributed by atoms with Crippen LogP contribution in [0.3, 0.4) is 0 Å². The number of esters is 2. The van der Waals surface area contributed by atoms with Crippen LogP contribution in [0.15, 0.2) is 71.8 Å². The average Bonchev–Trinajstić information content (AvgIpc) is 3.16. The Kier molecular flexibility index (Phi) is 15.9. The van der Waals surface area contributed by atoms with Crippen LogP contribution in [0.4, 0.5) is 4.79 Å². The molecule has 0 aromatic heterocycles. The first-order valence-corrected chi connectivity index (χ1v) is 18.2. The third kappa shape index (κ3) is 8.49. The Morgan fingerprint density at radius 3 is 2.14 bits per heavy atom. The van der Waals surface area contributed by atoms with Crippen molar-refractivity contribution in [1.82, 2.24) is 5.32 Å². The molecule has 3 aliphatic carbocycles. The standard InChI is InChI=1S/C40H49NO14.2Ac/c1-21-24(54-35(47)30(44)28(22-12-8-6-9-13-22)41-36(48)52-17-16-51-5)19-40(50)33(55-34(46)23-14-10-7-11-15-23)31-38(4,25(42)18-26-39(31,49)20-53-26)32(45)29(43)27(21)37(40,2)3;;/h6-15,24-26,28-31,33,42-44,49-50H,16-20H2,1-5H3,(H,41,48);;/t24?,25-,26+,28-,29+,30+,31-,33-,38+,39-,40+;;/m0../s1. The van der Waals surface area contributed by atoms with Crippen LogP contribution in [0.25, 0.3) is 0 Å². The van der Waals surface area contributed by atoms with Crippen LogP contribution in [0.5, 0.6) is 0 Å². The number of aliphatic hydroxyl groups excluding tert-OH is 3. The van der Waals surface area contributed by atoms with E-state index in [1.165, 1.54) is 33.1 Å². The van der Waals surface area contributed by atoms with E-state index in [-0.39, 0.29) is 131 Å². The maximum Gasteiger partial charge on any atom is 0.407 e. The van der Waals surface area contributed by atoms with Crippen LogP contribution in [0.2, 0.25) is 0 Å². The van der Waals surface area contributed by atoms with Crippen molar-refractivity contribution in [2.45, 2.75) is 94.4 Å². The molecule has 0 spiro atoms. The number of amides is 1. The van der Waals surface area contributed by atoms with Crippen LogP contribution >= 0.6 is 0 Å². The Hall–Kier alpha value is -1.34. The van der Waals surface area contributed by atoms with Crippen molar-refractivity contribution in [2.24, 2.45) is 16.7 Å². The van der Waals surface area contributed by atoms with Gasteiger partial charge in [-0.15, -0.1) is 0 Å². The number of benzene rings is 2. The average molecular weight is 1220 g/mol. The van der Waals surface area contributed by atoms with Crippen LogP contribution in [-0.2, 0) is 33.3 Å². The summed E-state index contributed by atoms with van der Waals surface area (Å²) < 4.78 is 27.8. The fourth-order valence-corrected chi connectivity index (χ4v) is 9.11. The Morgan fingerprint density at radius 1 is 0.947 bits per heavy atom. The molecule has 2 aromatic rings. The summed E-state index contributed by atoms with van der Waals surface area (Å²) in [7, 11) is 1.42. The molecule has 15 nitrogen and oxygen atoms in total. The minimum absolute atomic E-state index is 0. The van der Waals surface area contributed by atoms with E-state index in [1.807, 2.05) is 0 Å². The molecule has 2 radical (unpaired) electrons. The van der Waals surface area contributed by atoms with Crippen LogP contribution in [0, 0.1) is 105 Å². The smallest absolute Gasteiger partial charge is 0.407 e. The fourth-order valence-electron chi connectivity index (χ4n) is 9.11. The molecular weight excluding hydrogens is 1170 g/mol. The Morgan fingerprint density at radius 2 is 1.56 bits per heavy atom. The van der Waals surface area contributed by atoms with Crippen molar-refractivity contribution in [2.75, 3.05) is 26.9 Å². The van der Waals surface area contributed by atoms with Crippen molar-refractivity contribution in [3.8, 4) is 0 Å². The molecule has 3 fully saturated rings. The predicted molar refractivity (Wildman–Crippen MR) is 191 cm³/mol. The van der Waals surface area contributed by atoms with Crippen molar-refractivity contribution in [3.05, 3.63) is 82.9 Å². The summed E-state index contributed by atoms with van der Waals surface area (Å²) in [6.45, 7) is 5.64. The van der Waals surface area contributed by atoms with Crippen molar-refractivity contribution < 1.29 is 157 Å². The number of aliphatic hydroxyl groups is 5. The minimum atomic E-state index is -2.31. The second-order valence-corrected chi connectivity index (χ2v) is 15.6. The third-order valence-electron chi connectivity index (χ3n) is 12.4. The minimum Gasteiger partial charge on any atom is -0.456 e. The SMILES string of the molecule is COCCOC(=O)N[C@@H](c1ccccc1)[C@@H](O)C(=O)OC1C[C@@]2(O)[C@@H](OC(=O)c3ccccc3)[C@@H]3[C@]4(O)CO[C@@H]4C[C@H](O)[C@@]3(C)C(=O)[C@H](O)C(=C1C)C2(C)C.[Ac].[Ac]. The zero-order chi connectivity index (χ0) is 40.1. The topological polar surface area (TPSA) is 228 Å². The Labute approximate surface area is 402 Å². The molecule has 4 aliphatic rings. The summed E-state index contributed by atoms with van der Waals surface area (Å²) in [4.78, 5) is 55.2. The van der Waals surface area contributed by atoms with Crippen LogP contribution in [-0.4, -0.2) is 124 Å². The number of carbonyl (C=O) groups excluding carboxylic acids is 4. The van der Waals surface area contributed by atoms with Gasteiger partial charge in [0, 0.05) is 119 Å². The molecule has 1 unspecified atom stereocenters. The molecule has 57 heavy (non-hydrogen) atoms. The van der Waals surface area contributed by atoms with Gasteiger partial charge < -0.3 is 54.5 Å². The van der Waals surface area contributed by atoms with Gasteiger partial charge in [0.15, 0.2) is 11.9 Å². The van der Waals surface area contributed by atoms with Crippen molar-refractivity contribution >= 4 is 23.8 Å². The van der Waals surface area contributed by atoms with Gasteiger partial charge in [-0.25, -0.2) is 14.4 Å². The second-order valence-electron chi connectivity index (χ2n) is 15.6. The number of rotatable bonds is 10. The zero-order valence-electron chi connectivity index (χ0n) is 32.5. The number of Topliss-reactive ketones (excluding diaryl/α,β-unsaturated/α-hetero) is 1. The predicted octanol–water partition coefficient (Wildman–Crippen LogP) is 1.54. The molecular formula is C40H49Ac2NO14. The largest absolute Gasteiger partial charge is 0.456 e. The molecule has 2 saturated carbocycles. The maximum atomic E-state index is 14.7. The summed E-state index contributed by atoms with van der Waals surface area (Å²) in [5, 5.41) is 63.0. The first-order valence-electron chi connectivity index (χ1n) is 18.2. The van der Waals surface area contributed by atoms with E-state index in [0.29, 0.717) is 5.56 Å². The summed E-state index contributed by atoms with van der Waals surface area (Å²) in [6.07, 6.45) is -11.4. The van der Waals surface area contributed by atoms with Gasteiger partial charge in [-0.2, -0.15) is 0 Å². The van der Waals surface area contributed by atoms with E-state index in [1.54, 1.807) is 62.4 Å². The quantitative estimate of drug-likeness (QED) is 0.0860. The van der Waals surface area contributed by atoms with Crippen molar-refractivity contribution in [1.29, 1.82) is 0 Å². The number of carbonyl (C=O) groups is 4. The molecule has 6 N–H and O–H groups in total. The first kappa shape index (κ1) is 48.3. The molecule has 6 rings (SSSR count). The van der Waals surface area contributed by atoms with E-state index in [0.717, 1.165) is 0 Å².